The molecule has 6 nitrogen and oxygen atoms in total. The topological polar surface area (TPSA) is 74.7 Å². The van der Waals surface area contributed by atoms with Crippen LogP contribution < -0.4 is 14.2 Å². The highest BCUT2D eigenvalue weighted by molar-refractivity contribution is 5.94. The zero-order chi connectivity index (χ0) is 27.1. The fourth-order valence-electron chi connectivity index (χ4n) is 2.47. The summed E-state index contributed by atoms with van der Waals surface area (Å²) in [5, 5.41) is 0. The minimum Gasteiger partial charge on any atom is -0.497 e. The van der Waals surface area contributed by atoms with Crippen LogP contribution in [0.25, 0.3) is 0 Å². The summed E-state index contributed by atoms with van der Waals surface area (Å²) in [5.41, 5.74) is -2.22. The summed E-state index contributed by atoms with van der Waals surface area (Å²) in [6, 6.07) is 1.26. The molecule has 0 aliphatic rings. The Hall–Kier alpha value is -4.37. The standard InChI is InChI=1S/C20H5F10NO5/c1-34-4-2-5(19(32)35-17-13(27)9(23)7(21)10(24)14(17)28)31-6(3-4)20(33)36-18-15(29)11(25)8(22)12(26)16(18)30/h2-3H,1H3. The van der Waals surface area contributed by atoms with Crippen LogP contribution >= 0.6 is 0 Å². The lowest BCUT2D eigenvalue weighted by molar-refractivity contribution is 0.0702. The summed E-state index contributed by atoms with van der Waals surface area (Å²) >= 11 is 0. The van der Waals surface area contributed by atoms with E-state index in [4.69, 9.17) is 4.74 Å². The molecule has 0 fully saturated rings. The van der Waals surface area contributed by atoms with Gasteiger partial charge in [0.1, 0.15) is 5.75 Å². The van der Waals surface area contributed by atoms with Crippen molar-refractivity contribution >= 4 is 11.9 Å². The minimum absolute atomic E-state index is 0.487. The molecule has 0 N–H and O–H groups in total. The van der Waals surface area contributed by atoms with Gasteiger partial charge in [0, 0.05) is 12.1 Å². The highest BCUT2D eigenvalue weighted by Gasteiger charge is 2.31. The lowest BCUT2D eigenvalue weighted by Crippen LogP contribution is -2.19. The quantitative estimate of drug-likeness (QED) is 0.154. The SMILES string of the molecule is COc1cc(C(=O)Oc2c(F)c(F)c(F)c(F)c2F)nc(C(=O)Oc2c(F)c(F)c(F)c(F)c2F)c1. The van der Waals surface area contributed by atoms with Gasteiger partial charge >= 0.3 is 11.9 Å². The van der Waals surface area contributed by atoms with Crippen molar-refractivity contribution < 1.29 is 67.7 Å². The van der Waals surface area contributed by atoms with Gasteiger partial charge in [-0.3, -0.25) is 0 Å². The summed E-state index contributed by atoms with van der Waals surface area (Å²) in [4.78, 5) is 27.7. The van der Waals surface area contributed by atoms with Gasteiger partial charge in [-0.15, -0.1) is 0 Å². The van der Waals surface area contributed by atoms with Gasteiger partial charge in [0.05, 0.1) is 7.11 Å². The lowest BCUT2D eigenvalue weighted by Gasteiger charge is -2.11. The number of nitrogens with zero attached hydrogens (tertiary/aromatic N) is 1. The van der Waals surface area contributed by atoms with E-state index < -0.39 is 98.7 Å². The van der Waals surface area contributed by atoms with Gasteiger partial charge in [0.25, 0.3) is 0 Å². The van der Waals surface area contributed by atoms with E-state index in [0.717, 1.165) is 7.11 Å². The highest BCUT2D eigenvalue weighted by atomic mass is 19.2. The summed E-state index contributed by atoms with van der Waals surface area (Å²) in [6.07, 6.45) is 0. The fraction of sp³-hybridized carbons (Fsp3) is 0.0500. The lowest BCUT2D eigenvalue weighted by atomic mass is 10.2. The largest absolute Gasteiger partial charge is 0.497 e. The van der Waals surface area contributed by atoms with Crippen molar-refractivity contribution in [3.05, 3.63) is 81.7 Å². The maximum atomic E-state index is 13.8. The van der Waals surface area contributed by atoms with E-state index in [1.54, 1.807) is 0 Å². The molecule has 1 heterocycles. The number of pyridine rings is 1. The molecular weight excluding hydrogens is 524 g/mol. The molecule has 0 amide bonds. The predicted octanol–water partition coefficient (Wildman–Crippen LogP) is 4.92. The van der Waals surface area contributed by atoms with Gasteiger partial charge in [-0.2, -0.15) is 17.6 Å². The molecule has 16 heteroatoms. The van der Waals surface area contributed by atoms with Crippen LogP contribution in [0.5, 0.6) is 17.2 Å². The molecule has 0 aliphatic carbocycles. The number of hydrogen-bond donors (Lipinski definition) is 0. The third-order valence-electron chi connectivity index (χ3n) is 4.18. The van der Waals surface area contributed by atoms with Crippen LogP contribution in [0.3, 0.4) is 0 Å². The van der Waals surface area contributed by atoms with Crippen LogP contribution in [0.15, 0.2) is 12.1 Å². The Balaban J connectivity index is 2.00. The Morgan fingerprint density at radius 1 is 0.556 bits per heavy atom. The molecule has 0 unspecified atom stereocenters. The Bertz CT molecular complexity index is 1270. The van der Waals surface area contributed by atoms with E-state index in [2.05, 4.69) is 14.5 Å². The molecule has 0 saturated heterocycles. The predicted molar refractivity (Wildman–Crippen MR) is 93.2 cm³/mol. The van der Waals surface area contributed by atoms with Crippen LogP contribution in [0.2, 0.25) is 0 Å². The van der Waals surface area contributed by atoms with E-state index >= 15 is 0 Å². The molecule has 0 saturated carbocycles. The third-order valence-corrected chi connectivity index (χ3v) is 4.18. The van der Waals surface area contributed by atoms with E-state index in [1.165, 1.54) is 0 Å². The Morgan fingerprint density at radius 3 is 1.11 bits per heavy atom. The normalized spacial score (nSPS) is 10.9. The van der Waals surface area contributed by atoms with Crippen molar-refractivity contribution in [1.29, 1.82) is 0 Å². The van der Waals surface area contributed by atoms with Crippen molar-refractivity contribution in [2.75, 3.05) is 7.11 Å². The number of carbonyl (C=O) groups excluding carboxylic acids is 2. The van der Waals surface area contributed by atoms with Gasteiger partial charge in [-0.25, -0.2) is 40.9 Å². The summed E-state index contributed by atoms with van der Waals surface area (Å²) < 4.78 is 148. The molecule has 0 atom stereocenters. The van der Waals surface area contributed by atoms with E-state index in [0.29, 0.717) is 12.1 Å². The maximum absolute atomic E-state index is 13.8. The smallest absolute Gasteiger partial charge is 0.362 e. The molecule has 2 aromatic carbocycles. The van der Waals surface area contributed by atoms with Crippen molar-refractivity contribution in [1.82, 2.24) is 4.98 Å². The maximum Gasteiger partial charge on any atom is 0.362 e. The number of rotatable bonds is 5. The number of hydrogen-bond acceptors (Lipinski definition) is 6. The van der Waals surface area contributed by atoms with Crippen molar-refractivity contribution in [3.8, 4) is 17.2 Å². The average molecular weight is 529 g/mol. The van der Waals surface area contributed by atoms with Crippen LogP contribution in [-0.4, -0.2) is 24.0 Å². The number of halogens is 10. The molecule has 0 bridgehead atoms. The first-order valence-corrected chi connectivity index (χ1v) is 8.83. The van der Waals surface area contributed by atoms with Crippen molar-refractivity contribution in [2.24, 2.45) is 0 Å². The summed E-state index contributed by atoms with van der Waals surface area (Å²) in [6.45, 7) is 0. The first kappa shape index (κ1) is 26.2. The van der Waals surface area contributed by atoms with Crippen LogP contribution in [-0.2, 0) is 0 Å². The van der Waals surface area contributed by atoms with Crippen LogP contribution in [0.1, 0.15) is 21.0 Å². The van der Waals surface area contributed by atoms with Gasteiger partial charge in [-0.05, 0) is 0 Å². The average Bonchev–Trinajstić information content (AvgIpc) is 2.88. The number of benzene rings is 2. The van der Waals surface area contributed by atoms with E-state index in [1.807, 2.05) is 0 Å². The van der Waals surface area contributed by atoms with Gasteiger partial charge < -0.3 is 14.2 Å². The molecule has 0 spiro atoms. The molecule has 0 aliphatic heterocycles. The molecule has 36 heavy (non-hydrogen) atoms. The number of esters is 2. The van der Waals surface area contributed by atoms with Gasteiger partial charge in [-0.1, -0.05) is 0 Å². The molecule has 1 aromatic heterocycles. The Kier molecular flexibility index (Phi) is 7.08. The second kappa shape index (κ2) is 9.71. The zero-order valence-electron chi connectivity index (χ0n) is 16.9. The van der Waals surface area contributed by atoms with Crippen molar-refractivity contribution in [3.63, 3.8) is 0 Å². The molecular formula is C20H5F10NO5. The number of methoxy groups -OCH3 is 1. The first-order valence-electron chi connectivity index (χ1n) is 8.83. The van der Waals surface area contributed by atoms with E-state index in [9.17, 15) is 53.5 Å². The van der Waals surface area contributed by atoms with Crippen LogP contribution in [0, 0.1) is 58.2 Å². The molecule has 0 radical (unpaired) electrons. The second-order valence-electron chi connectivity index (χ2n) is 6.35. The van der Waals surface area contributed by atoms with Crippen LogP contribution in [0.4, 0.5) is 43.9 Å². The third kappa shape index (κ3) is 4.48. The van der Waals surface area contributed by atoms with E-state index in [-0.39, 0.29) is 0 Å². The Labute approximate surface area is 191 Å². The number of ether oxygens (including phenoxy) is 3. The number of aromatic nitrogens is 1. The fourth-order valence-corrected chi connectivity index (χ4v) is 2.47. The van der Waals surface area contributed by atoms with Crippen molar-refractivity contribution in [2.45, 2.75) is 0 Å². The first-order chi connectivity index (χ1) is 16.8. The van der Waals surface area contributed by atoms with Gasteiger partial charge in [0.2, 0.25) is 69.7 Å². The highest BCUT2D eigenvalue weighted by Crippen LogP contribution is 2.31. The monoisotopic (exact) mass is 529 g/mol. The molecule has 3 aromatic rings. The Morgan fingerprint density at radius 2 is 0.833 bits per heavy atom. The summed E-state index contributed by atoms with van der Waals surface area (Å²) in [7, 11) is 0.938. The van der Waals surface area contributed by atoms with Gasteiger partial charge in [0.15, 0.2) is 11.4 Å². The second-order valence-corrected chi connectivity index (χ2v) is 6.35. The number of carbonyl (C=O) groups is 2. The molecule has 3 rings (SSSR count). The summed E-state index contributed by atoms with van der Waals surface area (Å²) in [5.74, 6) is -33.5. The minimum atomic E-state index is -2.55. The zero-order valence-corrected chi connectivity index (χ0v) is 16.9. The molecule has 190 valence electrons.